The van der Waals surface area contributed by atoms with Crippen molar-refractivity contribution in [1.29, 1.82) is 0 Å². The summed E-state index contributed by atoms with van der Waals surface area (Å²) in [6.45, 7) is 2.67. The minimum Gasteiger partial charge on any atom is -0.451 e. The lowest BCUT2D eigenvalue weighted by Gasteiger charge is -2.07. The summed E-state index contributed by atoms with van der Waals surface area (Å²) in [6, 6.07) is 17.5. The number of thiophene rings is 1. The van der Waals surface area contributed by atoms with E-state index in [1.807, 2.05) is 30.3 Å². The van der Waals surface area contributed by atoms with E-state index in [9.17, 15) is 9.59 Å². The molecule has 2 aromatic carbocycles. The first-order valence-corrected chi connectivity index (χ1v) is 9.57. The molecule has 2 heterocycles. The molecule has 0 aliphatic carbocycles. The molecule has 0 bridgehead atoms. The molecule has 2 aromatic heterocycles. The van der Waals surface area contributed by atoms with Gasteiger partial charge in [0.05, 0.1) is 0 Å². The Hall–Kier alpha value is -3.12. The van der Waals surface area contributed by atoms with Crippen LogP contribution in [0.25, 0.3) is 21.8 Å². The molecule has 0 saturated carbocycles. The monoisotopic (exact) mass is 378 g/mol. The topological polar surface area (TPSA) is 60.3 Å². The second kappa shape index (κ2) is 7.25. The van der Waals surface area contributed by atoms with Crippen LogP contribution in [0.3, 0.4) is 0 Å². The van der Waals surface area contributed by atoms with E-state index in [0.717, 1.165) is 22.8 Å². The van der Waals surface area contributed by atoms with Crippen LogP contribution in [0.4, 0.5) is 5.69 Å². The summed E-state index contributed by atoms with van der Waals surface area (Å²) in [5, 5.41) is 6.83. The van der Waals surface area contributed by atoms with E-state index < -0.39 is 5.97 Å². The number of rotatable bonds is 5. The van der Waals surface area contributed by atoms with E-state index in [-0.39, 0.29) is 12.5 Å². The number of para-hydroxylation sites is 1. The summed E-state index contributed by atoms with van der Waals surface area (Å²) >= 11 is 1.29. The van der Waals surface area contributed by atoms with Gasteiger partial charge in [0, 0.05) is 34.0 Å². The maximum absolute atomic E-state index is 12.2. The predicted molar refractivity (Wildman–Crippen MR) is 108 cm³/mol. The number of esters is 1. The van der Waals surface area contributed by atoms with Crippen molar-refractivity contribution < 1.29 is 14.3 Å². The van der Waals surface area contributed by atoms with E-state index in [2.05, 4.69) is 28.9 Å². The van der Waals surface area contributed by atoms with Crippen LogP contribution in [0, 0.1) is 0 Å². The van der Waals surface area contributed by atoms with E-state index >= 15 is 0 Å². The number of nitrogens with zero attached hydrogens (tertiary/aromatic N) is 1. The van der Waals surface area contributed by atoms with Gasteiger partial charge in [-0.15, -0.1) is 11.3 Å². The highest BCUT2D eigenvalue weighted by atomic mass is 32.1. The lowest BCUT2D eigenvalue weighted by molar-refractivity contribution is -0.119. The molecule has 0 spiro atoms. The first-order valence-electron chi connectivity index (χ1n) is 8.69. The van der Waals surface area contributed by atoms with Gasteiger partial charge in [-0.05, 0) is 42.6 Å². The zero-order valence-corrected chi connectivity index (χ0v) is 15.6. The second-order valence-electron chi connectivity index (χ2n) is 6.09. The van der Waals surface area contributed by atoms with Gasteiger partial charge in [0.1, 0.15) is 4.88 Å². The van der Waals surface area contributed by atoms with Crippen LogP contribution >= 0.6 is 11.3 Å². The SMILES string of the molecule is CCn1c2ccccc2c2cc(NC(=O)COC(=O)c3cccs3)ccc21. The van der Waals surface area contributed by atoms with Crippen molar-refractivity contribution in [3.05, 3.63) is 64.9 Å². The molecule has 0 saturated heterocycles. The molecule has 0 unspecified atom stereocenters. The number of hydrogen-bond acceptors (Lipinski definition) is 4. The number of aromatic nitrogens is 1. The number of aryl methyl sites for hydroxylation is 1. The van der Waals surface area contributed by atoms with Gasteiger partial charge >= 0.3 is 5.97 Å². The predicted octanol–water partition coefficient (Wildman–Crippen LogP) is 4.67. The Morgan fingerprint density at radius 2 is 1.85 bits per heavy atom. The van der Waals surface area contributed by atoms with E-state index in [1.54, 1.807) is 17.5 Å². The van der Waals surface area contributed by atoms with Crippen LogP contribution in [0.15, 0.2) is 60.0 Å². The maximum Gasteiger partial charge on any atom is 0.348 e. The van der Waals surface area contributed by atoms with Gasteiger partial charge < -0.3 is 14.6 Å². The molecular weight excluding hydrogens is 360 g/mol. The number of nitrogens with one attached hydrogen (secondary N) is 1. The number of hydrogen-bond donors (Lipinski definition) is 1. The highest BCUT2D eigenvalue weighted by molar-refractivity contribution is 7.11. The van der Waals surface area contributed by atoms with Gasteiger partial charge in [0.15, 0.2) is 6.61 Å². The first-order chi connectivity index (χ1) is 13.2. The fraction of sp³-hybridized carbons (Fsp3) is 0.143. The summed E-state index contributed by atoms with van der Waals surface area (Å²) in [5.41, 5.74) is 2.97. The minimum absolute atomic E-state index is 0.314. The van der Waals surface area contributed by atoms with Crippen molar-refractivity contribution >= 4 is 50.7 Å². The van der Waals surface area contributed by atoms with Gasteiger partial charge in [-0.3, -0.25) is 4.79 Å². The van der Waals surface area contributed by atoms with Gasteiger partial charge in [-0.1, -0.05) is 24.3 Å². The van der Waals surface area contributed by atoms with Crippen LogP contribution in [0.5, 0.6) is 0 Å². The Morgan fingerprint density at radius 1 is 1.04 bits per heavy atom. The lowest BCUT2D eigenvalue weighted by atomic mass is 10.1. The normalized spacial score (nSPS) is 11.0. The molecule has 0 aliphatic rings. The molecule has 0 fully saturated rings. The highest BCUT2D eigenvalue weighted by Crippen LogP contribution is 2.30. The summed E-state index contributed by atoms with van der Waals surface area (Å²) < 4.78 is 7.30. The number of carbonyl (C=O) groups is 2. The Balaban J connectivity index is 1.53. The molecule has 1 amide bonds. The third kappa shape index (κ3) is 3.31. The second-order valence-corrected chi connectivity index (χ2v) is 7.04. The number of amides is 1. The van der Waals surface area contributed by atoms with Gasteiger partial charge in [-0.2, -0.15) is 0 Å². The van der Waals surface area contributed by atoms with Crippen LogP contribution < -0.4 is 5.32 Å². The molecule has 0 radical (unpaired) electrons. The van der Waals surface area contributed by atoms with Crippen molar-refractivity contribution in [1.82, 2.24) is 4.57 Å². The smallest absolute Gasteiger partial charge is 0.348 e. The largest absolute Gasteiger partial charge is 0.451 e. The Bertz CT molecular complexity index is 1130. The summed E-state index contributed by atoms with van der Waals surface area (Å²) in [7, 11) is 0. The first kappa shape index (κ1) is 17.3. The third-order valence-electron chi connectivity index (χ3n) is 4.43. The molecule has 0 atom stereocenters. The zero-order valence-electron chi connectivity index (χ0n) is 14.8. The number of fused-ring (bicyclic) bond motifs is 3. The summed E-state index contributed by atoms with van der Waals surface area (Å²) in [4.78, 5) is 24.5. The van der Waals surface area contributed by atoms with E-state index in [4.69, 9.17) is 4.74 Å². The fourth-order valence-corrected chi connectivity index (χ4v) is 3.88. The van der Waals surface area contributed by atoms with E-state index in [0.29, 0.717) is 10.6 Å². The molecule has 136 valence electrons. The van der Waals surface area contributed by atoms with Crippen LogP contribution in [0.2, 0.25) is 0 Å². The molecule has 27 heavy (non-hydrogen) atoms. The molecule has 0 aliphatic heterocycles. The molecule has 4 aromatic rings. The molecule has 5 nitrogen and oxygen atoms in total. The average molecular weight is 378 g/mol. The third-order valence-corrected chi connectivity index (χ3v) is 5.28. The van der Waals surface area contributed by atoms with Crippen molar-refractivity contribution in [3.63, 3.8) is 0 Å². The summed E-state index contributed by atoms with van der Waals surface area (Å²) in [5.74, 6) is -0.847. The van der Waals surface area contributed by atoms with Gasteiger partial charge in [0.2, 0.25) is 0 Å². The number of anilines is 1. The molecule has 6 heteroatoms. The van der Waals surface area contributed by atoms with Crippen molar-refractivity contribution in [3.8, 4) is 0 Å². The van der Waals surface area contributed by atoms with E-state index in [1.165, 1.54) is 16.9 Å². The van der Waals surface area contributed by atoms with Crippen LogP contribution in [-0.2, 0) is 16.1 Å². The van der Waals surface area contributed by atoms with Crippen LogP contribution in [-0.4, -0.2) is 23.1 Å². The standard InChI is InChI=1S/C21H18N2O3S/c1-2-23-17-7-4-3-6-15(17)16-12-14(9-10-18(16)23)22-20(24)13-26-21(25)19-8-5-11-27-19/h3-12H,2,13H2,1H3,(H,22,24). The Labute approximate surface area is 160 Å². The quantitative estimate of drug-likeness (QED) is 0.513. The number of ether oxygens (including phenoxy) is 1. The molecule has 1 N–H and O–H groups in total. The number of benzene rings is 2. The van der Waals surface area contributed by atoms with Crippen molar-refractivity contribution in [2.24, 2.45) is 0 Å². The fourth-order valence-electron chi connectivity index (χ4n) is 3.27. The number of carbonyl (C=O) groups excluding carboxylic acids is 2. The van der Waals surface area contributed by atoms with Gasteiger partial charge in [-0.25, -0.2) is 4.79 Å². The summed E-state index contributed by atoms with van der Waals surface area (Å²) in [6.07, 6.45) is 0. The van der Waals surface area contributed by atoms with Crippen molar-refractivity contribution in [2.45, 2.75) is 13.5 Å². The molecular formula is C21H18N2O3S. The van der Waals surface area contributed by atoms with Gasteiger partial charge in [0.25, 0.3) is 5.91 Å². The minimum atomic E-state index is -0.485. The zero-order chi connectivity index (χ0) is 18.8. The van der Waals surface area contributed by atoms with Crippen LogP contribution in [0.1, 0.15) is 16.6 Å². The Kier molecular flexibility index (Phi) is 4.64. The Morgan fingerprint density at radius 3 is 2.63 bits per heavy atom. The average Bonchev–Trinajstić information content (AvgIpc) is 3.32. The molecule has 4 rings (SSSR count). The lowest BCUT2D eigenvalue weighted by Crippen LogP contribution is -2.20. The highest BCUT2D eigenvalue weighted by Gasteiger charge is 2.13. The maximum atomic E-state index is 12.2. The van der Waals surface area contributed by atoms with Crippen molar-refractivity contribution in [2.75, 3.05) is 11.9 Å².